The maximum Gasteiger partial charge on any atom is 0.416 e. The van der Waals surface area contributed by atoms with Crippen LogP contribution in [0.2, 0.25) is 10.0 Å². The molecule has 4 N–H and O–H groups in total. The molecule has 3 rings (SSSR count). The first-order valence-electron chi connectivity index (χ1n) is 10.3. The highest BCUT2D eigenvalue weighted by atomic mass is 35.5. The zero-order valence-electron chi connectivity index (χ0n) is 18.4. The first-order chi connectivity index (χ1) is 16.4. The molecule has 190 valence electrons. The highest BCUT2D eigenvalue weighted by Gasteiger charge is 2.44. The number of aliphatic hydroxyl groups is 3. The molecule has 13 heteroatoms. The molecule has 1 amide bonds. The molecule has 3 atom stereocenters. The lowest BCUT2D eigenvalue weighted by molar-refractivity contribution is -0.212. The number of amidine groups is 1. The van der Waals surface area contributed by atoms with E-state index in [1.165, 1.54) is 24.3 Å². The highest BCUT2D eigenvalue weighted by Crippen LogP contribution is 2.29. The van der Waals surface area contributed by atoms with Crippen molar-refractivity contribution in [3.63, 3.8) is 0 Å². The molecular formula is C22H23Cl2F3N4O4. The van der Waals surface area contributed by atoms with Gasteiger partial charge in [-0.15, -0.1) is 0 Å². The number of halogens is 5. The number of hydrogen-bond donors (Lipinski definition) is 4. The molecule has 35 heavy (non-hydrogen) atoms. The van der Waals surface area contributed by atoms with Crippen molar-refractivity contribution in [2.75, 3.05) is 19.7 Å². The number of carbonyl (C=O) groups is 1. The molecule has 2 aromatic rings. The monoisotopic (exact) mass is 534 g/mol. The smallest absolute Gasteiger partial charge is 0.394 e. The van der Waals surface area contributed by atoms with E-state index in [4.69, 9.17) is 23.2 Å². The molecule has 0 radical (unpaired) electrons. The SMILES string of the molecule is CC(CO)(NC(=O)CN1N=C(c2ccc(Cl)cc2)N(CC(O)C(F)(F)F)C1O)c1ccccc1Cl. The van der Waals surface area contributed by atoms with Crippen molar-refractivity contribution in [3.05, 3.63) is 69.7 Å². The number of aliphatic hydroxyl groups excluding tert-OH is 3. The zero-order chi connectivity index (χ0) is 26.0. The predicted molar refractivity (Wildman–Crippen MR) is 124 cm³/mol. The van der Waals surface area contributed by atoms with Gasteiger partial charge in [-0.05, 0) is 42.8 Å². The van der Waals surface area contributed by atoms with Gasteiger partial charge in [0.15, 0.2) is 11.9 Å². The molecule has 3 unspecified atom stereocenters. The number of amides is 1. The van der Waals surface area contributed by atoms with Crippen LogP contribution in [0.4, 0.5) is 13.2 Å². The van der Waals surface area contributed by atoms with Crippen LogP contribution in [-0.4, -0.2) is 75.3 Å². The molecule has 2 aromatic carbocycles. The second kappa shape index (κ2) is 10.6. The van der Waals surface area contributed by atoms with Gasteiger partial charge in [0, 0.05) is 15.6 Å². The van der Waals surface area contributed by atoms with E-state index in [0.29, 0.717) is 21.2 Å². The molecule has 0 aliphatic carbocycles. The fourth-order valence-electron chi connectivity index (χ4n) is 3.51. The minimum atomic E-state index is -4.94. The van der Waals surface area contributed by atoms with Crippen LogP contribution in [0, 0.1) is 0 Å². The molecule has 0 aromatic heterocycles. The summed E-state index contributed by atoms with van der Waals surface area (Å²) in [5, 5.41) is 38.5. The van der Waals surface area contributed by atoms with E-state index >= 15 is 0 Å². The number of nitrogens with one attached hydrogen (secondary N) is 1. The summed E-state index contributed by atoms with van der Waals surface area (Å²) in [6.45, 7) is -0.565. The number of alkyl halides is 3. The fraction of sp³-hybridized carbons (Fsp3) is 0.364. The van der Waals surface area contributed by atoms with Gasteiger partial charge < -0.3 is 25.5 Å². The van der Waals surface area contributed by atoms with Gasteiger partial charge in [-0.2, -0.15) is 18.3 Å². The average molecular weight is 535 g/mol. The van der Waals surface area contributed by atoms with Crippen LogP contribution in [0.1, 0.15) is 18.1 Å². The Morgan fingerprint density at radius 1 is 1.17 bits per heavy atom. The summed E-state index contributed by atoms with van der Waals surface area (Å²) in [6.07, 6.45) is -9.50. The zero-order valence-corrected chi connectivity index (χ0v) is 19.9. The van der Waals surface area contributed by atoms with E-state index < -0.39 is 49.8 Å². The number of hydrazone groups is 1. The molecule has 1 aliphatic rings. The number of carbonyl (C=O) groups excluding carboxylic acids is 1. The van der Waals surface area contributed by atoms with E-state index in [1.807, 2.05) is 0 Å². The summed E-state index contributed by atoms with van der Waals surface area (Å²) in [5.74, 6) is -0.792. The quantitative estimate of drug-likeness (QED) is 0.414. The van der Waals surface area contributed by atoms with Crippen molar-refractivity contribution >= 4 is 34.9 Å². The first-order valence-corrected chi connectivity index (χ1v) is 11.1. The fourth-order valence-corrected chi connectivity index (χ4v) is 3.98. The minimum Gasteiger partial charge on any atom is -0.394 e. The standard InChI is InChI=1S/C22H23Cl2F3N4O4/c1-21(12-32,15-4-2-3-5-16(15)24)28-18(34)11-31-20(35)30(10-17(33)22(25,26)27)19(29-31)13-6-8-14(23)9-7-13/h2-9,17,20,32-33,35H,10-12H2,1H3,(H,28,34). The Labute approximate surface area is 209 Å². The lowest BCUT2D eigenvalue weighted by atomic mass is 9.92. The highest BCUT2D eigenvalue weighted by molar-refractivity contribution is 6.31. The molecule has 0 bridgehead atoms. The van der Waals surface area contributed by atoms with Crippen molar-refractivity contribution in [2.24, 2.45) is 5.10 Å². The van der Waals surface area contributed by atoms with Crippen LogP contribution >= 0.6 is 23.2 Å². The normalized spacial score (nSPS) is 18.8. The Kier molecular flexibility index (Phi) is 8.17. The van der Waals surface area contributed by atoms with Crippen molar-refractivity contribution < 1.29 is 33.3 Å². The van der Waals surface area contributed by atoms with Gasteiger partial charge >= 0.3 is 6.18 Å². The summed E-state index contributed by atoms with van der Waals surface area (Å²) in [7, 11) is 0. The Morgan fingerprint density at radius 3 is 2.37 bits per heavy atom. The summed E-state index contributed by atoms with van der Waals surface area (Å²) < 4.78 is 39.0. The number of hydrogen-bond acceptors (Lipinski definition) is 7. The molecule has 1 aliphatic heterocycles. The molecule has 0 fully saturated rings. The minimum absolute atomic E-state index is 0.0960. The van der Waals surface area contributed by atoms with E-state index in [2.05, 4.69) is 10.4 Å². The van der Waals surface area contributed by atoms with Crippen LogP contribution < -0.4 is 5.32 Å². The number of β-amino-alcohol motifs (C(OH)–C–C–N with tert-alkyl or cyclic N) is 1. The van der Waals surface area contributed by atoms with Gasteiger partial charge in [-0.3, -0.25) is 4.79 Å². The largest absolute Gasteiger partial charge is 0.416 e. The van der Waals surface area contributed by atoms with Crippen LogP contribution in [0.15, 0.2) is 53.6 Å². The molecule has 0 saturated carbocycles. The van der Waals surface area contributed by atoms with Crippen molar-refractivity contribution in [1.82, 2.24) is 15.2 Å². The van der Waals surface area contributed by atoms with Crippen molar-refractivity contribution in [1.29, 1.82) is 0 Å². The van der Waals surface area contributed by atoms with E-state index in [0.717, 1.165) is 9.91 Å². The maximum atomic E-state index is 13.0. The Balaban J connectivity index is 1.84. The van der Waals surface area contributed by atoms with Gasteiger partial charge in [0.2, 0.25) is 12.3 Å². The van der Waals surface area contributed by atoms with Crippen LogP contribution in [0.5, 0.6) is 0 Å². The third kappa shape index (κ3) is 6.17. The summed E-state index contributed by atoms with van der Waals surface area (Å²) in [6, 6.07) is 12.5. The Hall–Kier alpha value is -2.57. The van der Waals surface area contributed by atoms with Gasteiger partial charge in [0.25, 0.3) is 0 Å². The van der Waals surface area contributed by atoms with Gasteiger partial charge in [0.1, 0.15) is 6.54 Å². The number of nitrogens with zero attached hydrogens (tertiary/aromatic N) is 3. The second-order valence-electron chi connectivity index (χ2n) is 8.10. The third-order valence-corrected chi connectivity index (χ3v) is 5.98. The van der Waals surface area contributed by atoms with E-state index in [1.54, 1.807) is 31.2 Å². The van der Waals surface area contributed by atoms with Crippen molar-refractivity contribution in [2.45, 2.75) is 31.1 Å². The average Bonchev–Trinajstić information content (AvgIpc) is 3.08. The summed E-state index contributed by atoms with van der Waals surface area (Å²) >= 11 is 12.1. The lowest BCUT2D eigenvalue weighted by Crippen LogP contribution is -2.52. The molecule has 0 saturated heterocycles. The van der Waals surface area contributed by atoms with Crippen LogP contribution in [-0.2, 0) is 10.3 Å². The van der Waals surface area contributed by atoms with E-state index in [9.17, 15) is 33.3 Å². The Bertz CT molecular complexity index is 1090. The molecular weight excluding hydrogens is 512 g/mol. The van der Waals surface area contributed by atoms with Gasteiger partial charge in [-0.1, -0.05) is 41.4 Å². The van der Waals surface area contributed by atoms with Crippen LogP contribution in [0.3, 0.4) is 0 Å². The predicted octanol–water partition coefficient (Wildman–Crippen LogP) is 2.50. The van der Waals surface area contributed by atoms with E-state index in [-0.39, 0.29) is 5.84 Å². The summed E-state index contributed by atoms with van der Waals surface area (Å²) in [4.78, 5) is 13.7. The van der Waals surface area contributed by atoms with Crippen molar-refractivity contribution in [3.8, 4) is 0 Å². The van der Waals surface area contributed by atoms with Gasteiger partial charge in [0.05, 0.1) is 18.7 Å². The molecule has 0 spiro atoms. The first kappa shape index (κ1) is 27.0. The topological polar surface area (TPSA) is 109 Å². The molecule has 1 heterocycles. The third-order valence-electron chi connectivity index (χ3n) is 5.40. The molecule has 8 nitrogen and oxygen atoms in total. The number of rotatable bonds is 8. The number of benzene rings is 2. The lowest BCUT2D eigenvalue weighted by Gasteiger charge is -2.32. The van der Waals surface area contributed by atoms with Gasteiger partial charge in [-0.25, -0.2) is 5.01 Å². The summed E-state index contributed by atoms with van der Waals surface area (Å²) in [5.41, 5.74) is -0.531. The Morgan fingerprint density at radius 2 is 1.80 bits per heavy atom. The maximum absolute atomic E-state index is 13.0. The second-order valence-corrected chi connectivity index (χ2v) is 8.95. The van der Waals surface area contributed by atoms with Crippen LogP contribution in [0.25, 0.3) is 0 Å².